The van der Waals surface area contributed by atoms with E-state index in [0.29, 0.717) is 43.6 Å². The summed E-state index contributed by atoms with van der Waals surface area (Å²) in [6, 6.07) is 7.32. The molecule has 1 aliphatic heterocycles. The zero-order chi connectivity index (χ0) is 19.0. The number of sulfonamides is 1. The number of hydrogen-bond donors (Lipinski definition) is 0. The van der Waals surface area contributed by atoms with Crippen molar-refractivity contribution in [2.75, 3.05) is 26.2 Å². The fourth-order valence-electron chi connectivity index (χ4n) is 3.63. The van der Waals surface area contributed by atoms with Crippen LogP contribution in [-0.4, -0.2) is 49.7 Å². The molecule has 2 aromatic rings. The van der Waals surface area contributed by atoms with Crippen molar-refractivity contribution in [3.05, 3.63) is 40.8 Å². The Morgan fingerprint density at radius 2 is 1.81 bits per heavy atom. The molecule has 1 amide bonds. The number of fused-ring (bicyclic) bond motifs is 1. The molecule has 0 radical (unpaired) electrons. The van der Waals surface area contributed by atoms with Crippen molar-refractivity contribution in [1.29, 1.82) is 0 Å². The Morgan fingerprint density at radius 1 is 1.00 bits per heavy atom. The Kier molecular flexibility index (Phi) is 4.77. The lowest BCUT2D eigenvalue weighted by Gasteiger charge is -2.31. The van der Waals surface area contributed by atoms with Gasteiger partial charge >= 0.3 is 5.63 Å². The molecule has 1 aromatic carbocycles. The Labute approximate surface area is 157 Å². The molecule has 7 nitrogen and oxygen atoms in total. The SMILES string of the molecule is O=C(C1CCC1)N1CCCN(S(=O)(=O)c2ccc3oc(=O)ccc3c2)CC1. The Balaban J connectivity index is 1.54. The van der Waals surface area contributed by atoms with E-state index in [1.54, 1.807) is 6.07 Å². The highest BCUT2D eigenvalue weighted by atomic mass is 32.2. The van der Waals surface area contributed by atoms with E-state index >= 15 is 0 Å². The third-order valence-electron chi connectivity index (χ3n) is 5.45. The molecule has 144 valence electrons. The highest BCUT2D eigenvalue weighted by molar-refractivity contribution is 7.89. The first-order valence-corrected chi connectivity index (χ1v) is 10.7. The van der Waals surface area contributed by atoms with Crippen molar-refractivity contribution in [2.24, 2.45) is 5.92 Å². The van der Waals surface area contributed by atoms with Crippen LogP contribution in [0.2, 0.25) is 0 Å². The molecule has 1 aromatic heterocycles. The molecule has 0 N–H and O–H groups in total. The molecule has 0 unspecified atom stereocenters. The molecule has 0 spiro atoms. The van der Waals surface area contributed by atoms with E-state index in [0.717, 1.165) is 19.3 Å². The van der Waals surface area contributed by atoms with Gasteiger partial charge in [0.2, 0.25) is 15.9 Å². The van der Waals surface area contributed by atoms with Crippen LogP contribution >= 0.6 is 0 Å². The van der Waals surface area contributed by atoms with E-state index in [4.69, 9.17) is 4.42 Å². The number of benzene rings is 1. The molecule has 0 atom stereocenters. The van der Waals surface area contributed by atoms with E-state index in [-0.39, 0.29) is 16.7 Å². The second-order valence-electron chi connectivity index (χ2n) is 7.16. The van der Waals surface area contributed by atoms with Crippen molar-refractivity contribution in [3.63, 3.8) is 0 Å². The van der Waals surface area contributed by atoms with Crippen LogP contribution in [-0.2, 0) is 14.8 Å². The predicted molar refractivity (Wildman–Crippen MR) is 99.8 cm³/mol. The normalized spacial score (nSPS) is 19.6. The van der Waals surface area contributed by atoms with Gasteiger partial charge < -0.3 is 9.32 Å². The lowest BCUT2D eigenvalue weighted by Crippen LogP contribution is -2.41. The van der Waals surface area contributed by atoms with Crippen LogP contribution in [0.15, 0.2) is 44.4 Å². The van der Waals surface area contributed by atoms with Crippen LogP contribution in [0.3, 0.4) is 0 Å². The average Bonchev–Trinajstić information content (AvgIpc) is 2.86. The Bertz CT molecular complexity index is 1030. The largest absolute Gasteiger partial charge is 0.423 e. The Morgan fingerprint density at radius 3 is 2.56 bits per heavy atom. The van der Waals surface area contributed by atoms with Crippen LogP contribution < -0.4 is 5.63 Å². The Hall–Kier alpha value is -2.19. The van der Waals surface area contributed by atoms with Crippen molar-refractivity contribution < 1.29 is 17.6 Å². The van der Waals surface area contributed by atoms with Crippen molar-refractivity contribution in [2.45, 2.75) is 30.6 Å². The van der Waals surface area contributed by atoms with Crippen molar-refractivity contribution in [3.8, 4) is 0 Å². The number of hydrogen-bond acceptors (Lipinski definition) is 5. The molecule has 2 aliphatic rings. The van der Waals surface area contributed by atoms with Gasteiger partial charge in [-0.15, -0.1) is 0 Å². The number of carbonyl (C=O) groups excluding carboxylic acids is 1. The summed E-state index contributed by atoms with van der Waals surface area (Å²) in [5.41, 5.74) is -0.114. The molecule has 4 rings (SSSR count). The number of amides is 1. The summed E-state index contributed by atoms with van der Waals surface area (Å²) < 4.78 is 32.6. The summed E-state index contributed by atoms with van der Waals surface area (Å²) in [7, 11) is -3.67. The highest BCUT2D eigenvalue weighted by Crippen LogP contribution is 2.29. The van der Waals surface area contributed by atoms with Crippen LogP contribution in [0.25, 0.3) is 11.0 Å². The van der Waals surface area contributed by atoms with Gasteiger partial charge in [-0.3, -0.25) is 4.79 Å². The molecular formula is C19H22N2O5S. The number of rotatable bonds is 3. The van der Waals surface area contributed by atoms with Gasteiger partial charge in [0, 0.05) is 43.5 Å². The van der Waals surface area contributed by atoms with E-state index in [1.165, 1.54) is 28.6 Å². The standard InChI is InChI=1S/C19H22N2O5S/c22-18-8-5-15-13-16(6-7-17(15)26-18)27(24,25)21-10-2-9-20(11-12-21)19(23)14-3-1-4-14/h5-8,13-14H,1-4,9-12H2. The van der Waals surface area contributed by atoms with Gasteiger partial charge in [-0.25, -0.2) is 13.2 Å². The summed E-state index contributed by atoms with van der Waals surface area (Å²) in [4.78, 5) is 25.7. The van der Waals surface area contributed by atoms with Gasteiger partial charge in [-0.1, -0.05) is 6.42 Å². The van der Waals surface area contributed by atoms with E-state index in [1.807, 2.05) is 4.90 Å². The van der Waals surface area contributed by atoms with Gasteiger partial charge in [-0.2, -0.15) is 4.31 Å². The zero-order valence-electron chi connectivity index (χ0n) is 15.0. The molecule has 8 heteroatoms. The van der Waals surface area contributed by atoms with E-state index < -0.39 is 15.6 Å². The monoisotopic (exact) mass is 390 g/mol. The number of carbonyl (C=O) groups is 1. The quantitative estimate of drug-likeness (QED) is 0.746. The van der Waals surface area contributed by atoms with Gasteiger partial charge in [0.05, 0.1) is 4.90 Å². The van der Waals surface area contributed by atoms with Gasteiger partial charge in [0.15, 0.2) is 0 Å². The summed E-state index contributed by atoms with van der Waals surface area (Å²) in [6.07, 6.45) is 3.63. The topological polar surface area (TPSA) is 87.9 Å². The predicted octanol–water partition coefficient (Wildman–Crippen LogP) is 1.82. The maximum Gasteiger partial charge on any atom is 0.336 e. The fourth-order valence-corrected chi connectivity index (χ4v) is 5.13. The molecule has 0 bridgehead atoms. The molecule has 2 heterocycles. The lowest BCUT2D eigenvalue weighted by molar-refractivity contribution is -0.138. The minimum absolute atomic E-state index is 0.128. The summed E-state index contributed by atoms with van der Waals surface area (Å²) in [6.45, 7) is 1.71. The third kappa shape index (κ3) is 3.51. The van der Waals surface area contributed by atoms with Crippen LogP contribution in [0.4, 0.5) is 0 Å². The van der Waals surface area contributed by atoms with Crippen molar-refractivity contribution >= 4 is 26.9 Å². The highest BCUT2D eigenvalue weighted by Gasteiger charge is 2.32. The fraction of sp³-hybridized carbons (Fsp3) is 0.474. The van der Waals surface area contributed by atoms with Crippen LogP contribution in [0.5, 0.6) is 0 Å². The molecule has 1 saturated heterocycles. The van der Waals surface area contributed by atoms with Crippen LogP contribution in [0, 0.1) is 5.92 Å². The molecular weight excluding hydrogens is 368 g/mol. The van der Waals surface area contributed by atoms with Crippen molar-refractivity contribution in [1.82, 2.24) is 9.21 Å². The second-order valence-corrected chi connectivity index (χ2v) is 9.10. The smallest absolute Gasteiger partial charge is 0.336 e. The first kappa shape index (κ1) is 18.2. The minimum Gasteiger partial charge on any atom is -0.423 e. The first-order chi connectivity index (χ1) is 12.9. The lowest BCUT2D eigenvalue weighted by atomic mass is 9.84. The first-order valence-electron chi connectivity index (χ1n) is 9.28. The van der Waals surface area contributed by atoms with Gasteiger partial charge in [0.1, 0.15) is 5.58 Å². The van der Waals surface area contributed by atoms with E-state index in [9.17, 15) is 18.0 Å². The third-order valence-corrected chi connectivity index (χ3v) is 7.34. The van der Waals surface area contributed by atoms with Gasteiger partial charge in [-0.05, 0) is 43.5 Å². The maximum atomic E-state index is 13.1. The summed E-state index contributed by atoms with van der Waals surface area (Å²) in [5.74, 6) is 0.296. The summed E-state index contributed by atoms with van der Waals surface area (Å²) >= 11 is 0. The molecule has 1 saturated carbocycles. The zero-order valence-corrected chi connectivity index (χ0v) is 15.8. The molecule has 1 aliphatic carbocycles. The molecule has 27 heavy (non-hydrogen) atoms. The van der Waals surface area contributed by atoms with Gasteiger partial charge in [0.25, 0.3) is 0 Å². The van der Waals surface area contributed by atoms with E-state index in [2.05, 4.69) is 0 Å². The van der Waals surface area contributed by atoms with Crippen LogP contribution in [0.1, 0.15) is 25.7 Å². The minimum atomic E-state index is -3.67. The molecule has 2 fully saturated rings. The summed E-state index contributed by atoms with van der Waals surface area (Å²) in [5, 5.41) is 0.562. The number of nitrogens with zero attached hydrogens (tertiary/aromatic N) is 2. The second kappa shape index (κ2) is 7.09. The maximum absolute atomic E-state index is 13.1. The average molecular weight is 390 g/mol.